The smallest absolute Gasteiger partial charge is 0.166 e. The fraction of sp³-hybridized carbons (Fsp3) is 0.188. The Bertz CT molecular complexity index is 636. The molecule has 0 saturated heterocycles. The average molecular weight is 291 g/mol. The number of phenols is 1. The maximum absolute atomic E-state index is 13.0. The molecular weight excluding hydrogens is 276 g/mol. The molecule has 0 atom stereocenters. The van der Waals surface area contributed by atoms with E-state index >= 15 is 0 Å². The molecular formula is C16H15F2NO2. The summed E-state index contributed by atoms with van der Waals surface area (Å²) in [6.07, 6.45) is 1.45. The van der Waals surface area contributed by atoms with Crippen molar-refractivity contribution in [3.63, 3.8) is 0 Å². The largest absolute Gasteiger partial charge is 0.504 e. The molecule has 2 rings (SSSR count). The summed E-state index contributed by atoms with van der Waals surface area (Å²) in [6, 6.07) is 8.30. The van der Waals surface area contributed by atoms with Crippen molar-refractivity contribution < 1.29 is 18.6 Å². The van der Waals surface area contributed by atoms with Gasteiger partial charge in [-0.2, -0.15) is 0 Å². The van der Waals surface area contributed by atoms with E-state index in [-0.39, 0.29) is 12.3 Å². The Kier molecular flexibility index (Phi) is 4.87. The van der Waals surface area contributed by atoms with Crippen LogP contribution in [-0.4, -0.2) is 17.9 Å². The number of hydrogen-bond donors (Lipinski definition) is 1. The Morgan fingerprint density at radius 1 is 1.19 bits per heavy atom. The van der Waals surface area contributed by atoms with Crippen molar-refractivity contribution in [2.45, 2.75) is 13.5 Å². The van der Waals surface area contributed by atoms with E-state index in [4.69, 9.17) is 4.74 Å². The molecule has 0 unspecified atom stereocenters. The van der Waals surface area contributed by atoms with Gasteiger partial charge in [0.25, 0.3) is 0 Å². The van der Waals surface area contributed by atoms with Crippen LogP contribution in [0.2, 0.25) is 0 Å². The van der Waals surface area contributed by atoms with Crippen LogP contribution in [-0.2, 0) is 6.54 Å². The molecule has 0 aliphatic heterocycles. The summed E-state index contributed by atoms with van der Waals surface area (Å²) in [4.78, 5) is 4.08. The summed E-state index contributed by atoms with van der Waals surface area (Å²) in [5.41, 5.74) is 0.905. The monoisotopic (exact) mass is 291 g/mol. The van der Waals surface area contributed by atoms with Gasteiger partial charge in [0.2, 0.25) is 0 Å². The van der Waals surface area contributed by atoms with Gasteiger partial charge in [0.15, 0.2) is 11.5 Å². The molecule has 0 heterocycles. The summed E-state index contributed by atoms with van der Waals surface area (Å²) >= 11 is 0. The van der Waals surface area contributed by atoms with E-state index in [0.29, 0.717) is 23.5 Å². The van der Waals surface area contributed by atoms with Crippen molar-refractivity contribution in [1.29, 1.82) is 0 Å². The van der Waals surface area contributed by atoms with Gasteiger partial charge in [0.05, 0.1) is 13.2 Å². The van der Waals surface area contributed by atoms with Gasteiger partial charge in [-0.1, -0.05) is 6.07 Å². The van der Waals surface area contributed by atoms with Crippen LogP contribution in [0.3, 0.4) is 0 Å². The molecule has 0 amide bonds. The van der Waals surface area contributed by atoms with Crippen LogP contribution in [0.25, 0.3) is 0 Å². The number of aromatic hydroxyl groups is 1. The van der Waals surface area contributed by atoms with Crippen LogP contribution in [0.15, 0.2) is 41.4 Å². The lowest BCUT2D eigenvalue weighted by Gasteiger charge is -2.07. The molecule has 2 aromatic carbocycles. The maximum Gasteiger partial charge on any atom is 0.166 e. The zero-order valence-corrected chi connectivity index (χ0v) is 11.5. The Balaban J connectivity index is 2.12. The molecule has 0 radical (unpaired) electrons. The fourth-order valence-electron chi connectivity index (χ4n) is 1.87. The summed E-state index contributed by atoms with van der Waals surface area (Å²) in [7, 11) is 0. The van der Waals surface area contributed by atoms with E-state index in [1.165, 1.54) is 18.3 Å². The highest BCUT2D eigenvalue weighted by Gasteiger charge is 2.05. The number of aliphatic imine (C=N–C) groups is 1. The third kappa shape index (κ3) is 4.02. The average Bonchev–Trinajstić information content (AvgIpc) is 2.42. The van der Waals surface area contributed by atoms with Gasteiger partial charge in [-0.25, -0.2) is 8.78 Å². The van der Waals surface area contributed by atoms with Crippen LogP contribution in [0.5, 0.6) is 11.5 Å². The molecule has 110 valence electrons. The molecule has 0 spiro atoms. The zero-order valence-electron chi connectivity index (χ0n) is 11.5. The van der Waals surface area contributed by atoms with E-state index in [1.807, 2.05) is 6.92 Å². The number of ether oxygens (including phenoxy) is 1. The zero-order chi connectivity index (χ0) is 15.2. The van der Waals surface area contributed by atoms with Crippen LogP contribution in [0.1, 0.15) is 18.1 Å². The number of para-hydroxylation sites is 1. The normalized spacial score (nSPS) is 11.0. The molecule has 0 fully saturated rings. The second-order valence-corrected chi connectivity index (χ2v) is 4.37. The van der Waals surface area contributed by atoms with Crippen molar-refractivity contribution >= 4 is 6.21 Å². The highest BCUT2D eigenvalue weighted by atomic mass is 19.1. The van der Waals surface area contributed by atoms with Crippen LogP contribution in [0.4, 0.5) is 8.78 Å². The molecule has 5 heteroatoms. The number of hydrogen-bond acceptors (Lipinski definition) is 3. The minimum atomic E-state index is -0.638. The van der Waals surface area contributed by atoms with Crippen molar-refractivity contribution in [1.82, 2.24) is 0 Å². The fourth-order valence-corrected chi connectivity index (χ4v) is 1.87. The van der Waals surface area contributed by atoms with Gasteiger partial charge < -0.3 is 9.84 Å². The van der Waals surface area contributed by atoms with Gasteiger partial charge in [-0.05, 0) is 36.8 Å². The first-order valence-corrected chi connectivity index (χ1v) is 6.49. The first kappa shape index (κ1) is 15.0. The molecule has 0 aliphatic rings. The van der Waals surface area contributed by atoms with Gasteiger partial charge in [-0.3, -0.25) is 4.99 Å². The lowest BCUT2D eigenvalue weighted by atomic mass is 10.2. The first-order chi connectivity index (χ1) is 10.1. The Labute approximate surface area is 121 Å². The maximum atomic E-state index is 13.0. The second kappa shape index (κ2) is 6.83. The minimum absolute atomic E-state index is 0.00600. The minimum Gasteiger partial charge on any atom is -0.504 e. The molecule has 21 heavy (non-hydrogen) atoms. The van der Waals surface area contributed by atoms with Crippen molar-refractivity contribution in [3.05, 3.63) is 59.2 Å². The lowest BCUT2D eigenvalue weighted by Crippen LogP contribution is -1.94. The van der Waals surface area contributed by atoms with Crippen molar-refractivity contribution in [2.24, 2.45) is 4.99 Å². The Morgan fingerprint density at radius 3 is 2.57 bits per heavy atom. The third-order valence-corrected chi connectivity index (χ3v) is 2.76. The molecule has 1 N–H and O–H groups in total. The highest BCUT2D eigenvalue weighted by molar-refractivity contribution is 5.84. The predicted molar refractivity (Wildman–Crippen MR) is 76.9 cm³/mol. The van der Waals surface area contributed by atoms with E-state index in [0.717, 1.165) is 6.07 Å². The summed E-state index contributed by atoms with van der Waals surface area (Å²) in [5.74, 6) is -0.908. The second-order valence-electron chi connectivity index (χ2n) is 4.37. The summed E-state index contributed by atoms with van der Waals surface area (Å²) in [5, 5.41) is 9.97. The molecule has 0 bridgehead atoms. The standard InChI is InChI=1S/C16H15F2NO2/c1-2-21-15-5-3-4-12(16(15)20)10-19-9-11-6-13(17)8-14(18)7-11/h3-8,10,20H,2,9H2,1H3. The lowest BCUT2D eigenvalue weighted by molar-refractivity contribution is 0.318. The van der Waals surface area contributed by atoms with Gasteiger partial charge in [0.1, 0.15) is 11.6 Å². The SMILES string of the molecule is CCOc1cccc(C=NCc2cc(F)cc(F)c2)c1O. The molecule has 3 nitrogen and oxygen atoms in total. The first-order valence-electron chi connectivity index (χ1n) is 6.49. The Morgan fingerprint density at radius 2 is 1.90 bits per heavy atom. The molecule has 2 aromatic rings. The number of rotatable bonds is 5. The molecule has 0 aromatic heterocycles. The predicted octanol–water partition coefficient (Wildman–Crippen LogP) is 3.69. The number of benzene rings is 2. The quantitative estimate of drug-likeness (QED) is 0.854. The number of nitrogens with zero attached hydrogens (tertiary/aromatic N) is 1. The van der Waals surface area contributed by atoms with E-state index in [9.17, 15) is 13.9 Å². The van der Waals surface area contributed by atoms with E-state index in [1.54, 1.807) is 18.2 Å². The Hall–Kier alpha value is -2.43. The van der Waals surface area contributed by atoms with Crippen molar-refractivity contribution in [3.8, 4) is 11.5 Å². The summed E-state index contributed by atoms with van der Waals surface area (Å²) in [6.45, 7) is 2.38. The number of halogens is 2. The van der Waals surface area contributed by atoms with E-state index in [2.05, 4.69) is 4.99 Å². The molecule has 0 saturated carbocycles. The topological polar surface area (TPSA) is 41.8 Å². The van der Waals surface area contributed by atoms with E-state index < -0.39 is 11.6 Å². The number of phenolic OH excluding ortho intramolecular Hbond substituents is 1. The third-order valence-electron chi connectivity index (χ3n) is 2.76. The van der Waals surface area contributed by atoms with Crippen LogP contribution in [0, 0.1) is 11.6 Å². The van der Waals surface area contributed by atoms with Crippen molar-refractivity contribution in [2.75, 3.05) is 6.61 Å². The highest BCUT2D eigenvalue weighted by Crippen LogP contribution is 2.28. The van der Waals surface area contributed by atoms with Crippen LogP contribution >= 0.6 is 0 Å². The van der Waals surface area contributed by atoms with Gasteiger partial charge in [-0.15, -0.1) is 0 Å². The molecule has 0 aliphatic carbocycles. The van der Waals surface area contributed by atoms with Gasteiger partial charge >= 0.3 is 0 Å². The van der Waals surface area contributed by atoms with Crippen LogP contribution < -0.4 is 4.74 Å². The van der Waals surface area contributed by atoms with Gasteiger partial charge in [0, 0.05) is 17.8 Å². The summed E-state index contributed by atoms with van der Waals surface area (Å²) < 4.78 is 31.3.